The van der Waals surface area contributed by atoms with Gasteiger partial charge in [-0.1, -0.05) is 87.5 Å². The third-order valence-electron chi connectivity index (χ3n) is 10.4. The predicted octanol–water partition coefficient (Wildman–Crippen LogP) is 5.21. The Balaban J connectivity index is 1.65. The van der Waals surface area contributed by atoms with Crippen molar-refractivity contribution in [2.45, 2.75) is 85.0 Å². The van der Waals surface area contributed by atoms with Crippen LogP contribution in [0.1, 0.15) is 68.9 Å². The molecule has 0 aromatic heterocycles. The standard InChI is InChI=1S/C45H56N4O9/c1-8-49(25-31-14-10-9-11-15-31)26-32-17-19-33(20-18-32)44(54)48-39-34-21-27(2)22-38(57-7)40(51)29(4)23-30(5)42(58-45(46)55)37(56-6)16-12-13-28(3)43(53)47-35(41(34)52)24-36(39)50/h9-20,23-24,27,29,37-38,40,42,51H,8,21-22,25-26H2,1-7H3,(H2,46,55)(H,47,53)(H,48,54)/b16-12-,28-13+,30-23+/t27-,29+,37+,38+,40-,42-/m1/s1. The highest BCUT2D eigenvalue weighted by Gasteiger charge is 2.34. The number of carbonyl (C=O) groups is 5. The maximum Gasteiger partial charge on any atom is 0.405 e. The van der Waals surface area contributed by atoms with Crippen LogP contribution in [0.4, 0.5) is 4.79 Å². The first-order valence-corrected chi connectivity index (χ1v) is 19.4. The molecule has 1 heterocycles. The molecule has 13 heteroatoms. The summed E-state index contributed by atoms with van der Waals surface area (Å²) < 4.78 is 16.7. The summed E-state index contributed by atoms with van der Waals surface area (Å²) in [6.45, 7) is 11.2. The number of fused-ring (bicyclic) bond motifs is 2. The van der Waals surface area contributed by atoms with Gasteiger partial charge >= 0.3 is 6.09 Å². The van der Waals surface area contributed by atoms with E-state index in [0.29, 0.717) is 17.7 Å². The molecule has 2 aromatic rings. The Kier molecular flexibility index (Phi) is 16.6. The molecule has 2 bridgehead atoms. The van der Waals surface area contributed by atoms with Crippen LogP contribution < -0.4 is 16.4 Å². The summed E-state index contributed by atoms with van der Waals surface area (Å²) >= 11 is 0. The molecule has 0 fully saturated rings. The molecule has 0 saturated heterocycles. The summed E-state index contributed by atoms with van der Waals surface area (Å²) in [6, 6.07) is 17.3. The number of nitrogens with one attached hydrogen (secondary N) is 2. The van der Waals surface area contributed by atoms with Crippen molar-refractivity contribution in [3.05, 3.63) is 130 Å². The van der Waals surface area contributed by atoms with Gasteiger partial charge in [-0.05, 0) is 68.0 Å². The molecule has 0 radical (unpaired) electrons. The predicted molar refractivity (Wildman–Crippen MR) is 220 cm³/mol. The van der Waals surface area contributed by atoms with Crippen LogP contribution in [0.5, 0.6) is 0 Å². The first-order valence-electron chi connectivity index (χ1n) is 19.4. The van der Waals surface area contributed by atoms with Crippen molar-refractivity contribution in [1.82, 2.24) is 15.5 Å². The molecule has 310 valence electrons. The molecule has 58 heavy (non-hydrogen) atoms. The van der Waals surface area contributed by atoms with E-state index in [4.69, 9.17) is 19.9 Å². The SMILES string of the molecule is CCN(Cc1ccccc1)Cc1ccc(C(=O)NC2=C3C[C@@H](C)C[C@H](OC)[C@H](O)[C@@H](C)/C=C(\C)[C@@H](OC(N)=O)[C@@H](OC)/C=C\C=C(/C)C(=O)NC(=CC2=O)C3=O)cc1. The monoisotopic (exact) mass is 796 g/mol. The average Bonchev–Trinajstić information content (AvgIpc) is 3.20. The number of amides is 3. The van der Waals surface area contributed by atoms with Crippen LogP contribution in [0.15, 0.2) is 113 Å². The second-order valence-electron chi connectivity index (χ2n) is 14.9. The van der Waals surface area contributed by atoms with Gasteiger partial charge in [-0.3, -0.25) is 24.1 Å². The Labute approximate surface area is 340 Å². The number of hydrogen-bond acceptors (Lipinski definition) is 10. The Morgan fingerprint density at radius 3 is 2.22 bits per heavy atom. The van der Waals surface area contributed by atoms with E-state index in [1.54, 1.807) is 38.1 Å². The smallest absolute Gasteiger partial charge is 0.405 e. The Bertz CT molecular complexity index is 1970. The molecule has 0 unspecified atom stereocenters. The molecule has 0 spiro atoms. The maximum atomic E-state index is 14.1. The van der Waals surface area contributed by atoms with Gasteiger partial charge in [0.2, 0.25) is 11.6 Å². The number of benzene rings is 2. The van der Waals surface area contributed by atoms with Gasteiger partial charge in [-0.15, -0.1) is 0 Å². The number of methoxy groups -OCH3 is 2. The number of carbonyl (C=O) groups excluding carboxylic acids is 5. The zero-order valence-corrected chi connectivity index (χ0v) is 34.3. The average molecular weight is 797 g/mol. The third kappa shape index (κ3) is 12.3. The van der Waals surface area contributed by atoms with Crippen molar-refractivity contribution >= 4 is 29.5 Å². The van der Waals surface area contributed by atoms with Crippen LogP contribution in [0, 0.1) is 11.8 Å². The largest absolute Gasteiger partial charge is 0.439 e. The lowest BCUT2D eigenvalue weighted by Gasteiger charge is -2.30. The number of aliphatic hydroxyl groups excluding tert-OH is 1. The number of aliphatic hydroxyl groups is 1. The molecule has 4 rings (SSSR count). The quantitative estimate of drug-likeness (QED) is 0.184. The van der Waals surface area contributed by atoms with Gasteiger partial charge in [0.1, 0.15) is 6.10 Å². The lowest BCUT2D eigenvalue weighted by Crippen LogP contribution is -2.38. The number of hydrogen-bond donors (Lipinski definition) is 4. The molecular formula is C45H56N4O9. The number of allylic oxidation sites excluding steroid dienone is 4. The second kappa shape index (κ2) is 21.3. The number of primary amides is 1. The van der Waals surface area contributed by atoms with E-state index in [1.807, 2.05) is 37.3 Å². The van der Waals surface area contributed by atoms with Crippen LogP contribution in [0.25, 0.3) is 0 Å². The van der Waals surface area contributed by atoms with E-state index in [1.165, 1.54) is 38.9 Å². The fraction of sp³-hybridized carbons (Fsp3) is 0.400. The van der Waals surface area contributed by atoms with Gasteiger partial charge < -0.3 is 35.7 Å². The molecule has 6 atom stereocenters. The van der Waals surface area contributed by atoms with Crippen molar-refractivity contribution in [1.29, 1.82) is 0 Å². The first kappa shape index (κ1) is 45.2. The van der Waals surface area contributed by atoms with Crippen molar-refractivity contribution in [2.24, 2.45) is 17.6 Å². The van der Waals surface area contributed by atoms with Crippen LogP contribution in [-0.2, 0) is 41.7 Å². The minimum absolute atomic E-state index is 0.0119. The third-order valence-corrected chi connectivity index (χ3v) is 10.4. The van der Waals surface area contributed by atoms with Gasteiger partial charge in [0.15, 0.2) is 6.10 Å². The van der Waals surface area contributed by atoms with Crippen LogP contribution in [-0.4, -0.2) is 84.7 Å². The summed E-state index contributed by atoms with van der Waals surface area (Å²) in [7, 11) is 2.88. The zero-order chi connectivity index (χ0) is 42.5. The number of ether oxygens (including phenoxy) is 3. The summed E-state index contributed by atoms with van der Waals surface area (Å²) in [5.74, 6) is -3.38. The van der Waals surface area contributed by atoms with Crippen molar-refractivity contribution in [3.63, 3.8) is 0 Å². The first-order chi connectivity index (χ1) is 27.6. The second-order valence-corrected chi connectivity index (χ2v) is 14.9. The van der Waals surface area contributed by atoms with Gasteiger partial charge in [0.25, 0.3) is 11.8 Å². The van der Waals surface area contributed by atoms with E-state index in [-0.39, 0.29) is 41.3 Å². The van der Waals surface area contributed by atoms with E-state index < -0.39 is 59.8 Å². The Hall–Kier alpha value is -5.47. The minimum atomic E-state index is -1.04. The Morgan fingerprint density at radius 1 is 0.966 bits per heavy atom. The molecule has 5 N–H and O–H groups in total. The van der Waals surface area contributed by atoms with E-state index in [2.05, 4.69) is 34.6 Å². The maximum absolute atomic E-state index is 14.1. The molecule has 2 aliphatic rings. The summed E-state index contributed by atoms with van der Waals surface area (Å²) in [5, 5.41) is 16.7. The summed E-state index contributed by atoms with van der Waals surface area (Å²) in [5.41, 5.74) is 8.22. The number of nitrogens with two attached hydrogens (primary N) is 1. The molecule has 1 aliphatic heterocycles. The van der Waals surface area contributed by atoms with E-state index in [0.717, 1.165) is 24.7 Å². The number of rotatable bonds is 10. The van der Waals surface area contributed by atoms with Crippen LogP contribution in [0.2, 0.25) is 0 Å². The summed E-state index contributed by atoms with van der Waals surface area (Å²) in [4.78, 5) is 69.0. The Morgan fingerprint density at radius 2 is 1.62 bits per heavy atom. The topological polar surface area (TPSA) is 187 Å². The van der Waals surface area contributed by atoms with E-state index in [9.17, 15) is 29.1 Å². The fourth-order valence-electron chi connectivity index (χ4n) is 7.05. The number of nitrogens with zero attached hydrogens (tertiary/aromatic N) is 1. The summed E-state index contributed by atoms with van der Waals surface area (Å²) in [6.07, 6.45) is 3.01. The zero-order valence-electron chi connectivity index (χ0n) is 34.3. The van der Waals surface area contributed by atoms with Crippen molar-refractivity contribution < 1.29 is 43.3 Å². The van der Waals surface area contributed by atoms with E-state index >= 15 is 0 Å². The molecule has 3 amide bonds. The molecular weight excluding hydrogens is 741 g/mol. The highest BCUT2D eigenvalue weighted by molar-refractivity contribution is 6.24. The van der Waals surface area contributed by atoms with Gasteiger partial charge in [0, 0.05) is 56.0 Å². The van der Waals surface area contributed by atoms with Gasteiger partial charge in [0.05, 0.1) is 23.6 Å². The fourth-order valence-corrected chi connectivity index (χ4v) is 7.05. The molecule has 13 nitrogen and oxygen atoms in total. The highest BCUT2D eigenvalue weighted by atomic mass is 16.6. The van der Waals surface area contributed by atoms with Crippen LogP contribution >= 0.6 is 0 Å². The highest BCUT2D eigenvalue weighted by Crippen LogP contribution is 2.29. The molecule has 1 aliphatic carbocycles. The van der Waals surface area contributed by atoms with Gasteiger partial charge in [-0.25, -0.2) is 4.79 Å². The molecule has 2 aromatic carbocycles. The molecule has 0 saturated carbocycles. The minimum Gasteiger partial charge on any atom is -0.439 e. The lowest BCUT2D eigenvalue weighted by atomic mass is 9.85. The number of Topliss-reactive ketones (excluding diaryl/α,β-unsaturated/α-hetero) is 1. The van der Waals surface area contributed by atoms with Crippen molar-refractivity contribution in [2.75, 3.05) is 20.8 Å². The van der Waals surface area contributed by atoms with Gasteiger partial charge in [-0.2, -0.15) is 0 Å². The van der Waals surface area contributed by atoms with Crippen molar-refractivity contribution in [3.8, 4) is 0 Å². The lowest BCUT2D eigenvalue weighted by molar-refractivity contribution is -0.120. The van der Waals surface area contributed by atoms with Crippen LogP contribution in [0.3, 0.4) is 0 Å². The normalized spacial score (nSPS) is 26.2. The number of ketones is 2.